The Kier molecular flexibility index (Phi) is 4.26. The van der Waals surface area contributed by atoms with E-state index in [2.05, 4.69) is 80.6 Å². The lowest BCUT2D eigenvalue weighted by atomic mass is 9.72. The van der Waals surface area contributed by atoms with Gasteiger partial charge in [0.2, 0.25) is 0 Å². The molecule has 2 unspecified atom stereocenters. The molecule has 0 heterocycles. The molecule has 0 aromatic heterocycles. The van der Waals surface area contributed by atoms with E-state index in [1.807, 2.05) is 13.8 Å². The lowest BCUT2D eigenvalue weighted by Crippen LogP contribution is -2.23. The molecule has 0 fully saturated rings. The summed E-state index contributed by atoms with van der Waals surface area (Å²) in [6.45, 7) is 8.70. The predicted molar refractivity (Wildman–Crippen MR) is 101 cm³/mol. The minimum absolute atomic E-state index is 0.0155. The predicted octanol–water partition coefficient (Wildman–Crippen LogP) is 6.38. The molecule has 23 heavy (non-hydrogen) atoms. The number of allylic oxidation sites excluding steroid dienone is 4. The standard InChI is InChI=1S/C21H20.C2H6/c1-15-12-13-18-17-10-6-7-11-19(17)21(2,20(18)14-15)16-8-4-3-5-9-16;1-2/h3-11,13-15H,12H2,1-2H3;1-2H3. The van der Waals surface area contributed by atoms with Gasteiger partial charge in [0.05, 0.1) is 0 Å². The van der Waals surface area contributed by atoms with E-state index in [1.54, 1.807) is 0 Å². The van der Waals surface area contributed by atoms with Crippen molar-refractivity contribution in [2.24, 2.45) is 5.92 Å². The maximum atomic E-state index is 2.49. The van der Waals surface area contributed by atoms with Crippen LogP contribution in [0.15, 0.2) is 72.3 Å². The smallest absolute Gasteiger partial charge is 0.0432 e. The van der Waals surface area contributed by atoms with Gasteiger partial charge in [-0.3, -0.25) is 0 Å². The monoisotopic (exact) mass is 302 g/mol. The van der Waals surface area contributed by atoms with Crippen molar-refractivity contribution < 1.29 is 0 Å². The first-order chi connectivity index (χ1) is 11.2. The zero-order valence-electron chi connectivity index (χ0n) is 14.6. The van der Waals surface area contributed by atoms with Gasteiger partial charge in [0.25, 0.3) is 0 Å². The molecule has 2 atom stereocenters. The summed E-state index contributed by atoms with van der Waals surface area (Å²) < 4.78 is 0. The van der Waals surface area contributed by atoms with Crippen LogP contribution >= 0.6 is 0 Å². The number of hydrogen-bond acceptors (Lipinski definition) is 0. The van der Waals surface area contributed by atoms with Crippen molar-refractivity contribution in [1.82, 2.24) is 0 Å². The van der Waals surface area contributed by atoms with E-state index in [4.69, 9.17) is 0 Å². The van der Waals surface area contributed by atoms with Crippen LogP contribution in [0.25, 0.3) is 5.57 Å². The first kappa shape index (κ1) is 15.8. The highest BCUT2D eigenvalue weighted by Crippen LogP contribution is 2.54. The van der Waals surface area contributed by atoms with Gasteiger partial charge in [0, 0.05) is 5.41 Å². The topological polar surface area (TPSA) is 0 Å². The van der Waals surface area contributed by atoms with Gasteiger partial charge in [-0.05, 0) is 47.1 Å². The summed E-state index contributed by atoms with van der Waals surface area (Å²) in [5, 5.41) is 0. The molecule has 0 bridgehead atoms. The Balaban J connectivity index is 0.000000753. The van der Waals surface area contributed by atoms with E-state index in [-0.39, 0.29) is 5.41 Å². The normalized spacial score (nSPS) is 24.6. The van der Waals surface area contributed by atoms with Gasteiger partial charge in [0.15, 0.2) is 0 Å². The second-order valence-corrected chi connectivity index (χ2v) is 6.45. The molecule has 118 valence electrons. The Labute approximate surface area is 140 Å². The zero-order valence-corrected chi connectivity index (χ0v) is 14.6. The van der Waals surface area contributed by atoms with Crippen LogP contribution < -0.4 is 0 Å². The summed E-state index contributed by atoms with van der Waals surface area (Å²) in [5.74, 6) is 0.626. The molecule has 2 aromatic carbocycles. The maximum absolute atomic E-state index is 2.49. The van der Waals surface area contributed by atoms with E-state index in [0.717, 1.165) is 6.42 Å². The lowest BCUT2D eigenvalue weighted by molar-refractivity contribution is 0.669. The van der Waals surface area contributed by atoms with Crippen molar-refractivity contribution in [2.75, 3.05) is 0 Å². The average molecular weight is 302 g/mol. The molecule has 0 aliphatic heterocycles. The molecule has 2 aliphatic rings. The Bertz CT molecular complexity index is 749. The first-order valence-electron chi connectivity index (χ1n) is 8.79. The van der Waals surface area contributed by atoms with Gasteiger partial charge >= 0.3 is 0 Å². The molecule has 0 saturated heterocycles. The zero-order chi connectivity index (χ0) is 16.4. The number of rotatable bonds is 1. The van der Waals surface area contributed by atoms with Crippen molar-refractivity contribution in [2.45, 2.75) is 39.5 Å². The van der Waals surface area contributed by atoms with E-state index in [9.17, 15) is 0 Å². The Hall–Kier alpha value is -2.08. The fourth-order valence-corrected chi connectivity index (χ4v) is 3.93. The molecule has 2 aliphatic carbocycles. The SMILES string of the molecule is CC.CC1C=C2C(=CC1)c1ccccc1C2(C)c1ccccc1. The number of benzene rings is 2. The van der Waals surface area contributed by atoms with Crippen molar-refractivity contribution >= 4 is 5.57 Å². The van der Waals surface area contributed by atoms with Crippen molar-refractivity contribution in [3.63, 3.8) is 0 Å². The molecule has 2 aromatic rings. The quantitative estimate of drug-likeness (QED) is 0.573. The fraction of sp³-hybridized carbons (Fsp3) is 0.304. The van der Waals surface area contributed by atoms with Gasteiger partial charge in [-0.1, -0.05) is 87.5 Å². The summed E-state index contributed by atoms with van der Waals surface area (Å²) in [7, 11) is 0. The van der Waals surface area contributed by atoms with Crippen molar-refractivity contribution in [1.29, 1.82) is 0 Å². The van der Waals surface area contributed by atoms with Crippen molar-refractivity contribution in [3.8, 4) is 0 Å². The van der Waals surface area contributed by atoms with Crippen LogP contribution in [0.1, 0.15) is 50.8 Å². The third-order valence-electron chi connectivity index (χ3n) is 5.08. The second-order valence-electron chi connectivity index (χ2n) is 6.45. The molecule has 0 radical (unpaired) electrons. The Morgan fingerprint density at radius 3 is 2.30 bits per heavy atom. The van der Waals surface area contributed by atoms with Gasteiger partial charge in [-0.2, -0.15) is 0 Å². The van der Waals surface area contributed by atoms with E-state index in [0.29, 0.717) is 5.92 Å². The summed E-state index contributed by atoms with van der Waals surface area (Å²) in [6.07, 6.45) is 6.08. The van der Waals surface area contributed by atoms with Crippen LogP contribution in [0.5, 0.6) is 0 Å². The van der Waals surface area contributed by atoms with Gasteiger partial charge in [-0.15, -0.1) is 0 Å². The average Bonchev–Trinajstić information content (AvgIpc) is 2.88. The van der Waals surface area contributed by atoms with Crippen LogP contribution in [-0.4, -0.2) is 0 Å². The minimum Gasteiger partial charge on any atom is -0.0763 e. The fourth-order valence-electron chi connectivity index (χ4n) is 3.93. The van der Waals surface area contributed by atoms with Gasteiger partial charge in [0.1, 0.15) is 0 Å². The number of fused-ring (bicyclic) bond motifs is 3. The Morgan fingerprint density at radius 1 is 0.913 bits per heavy atom. The third kappa shape index (κ3) is 2.37. The van der Waals surface area contributed by atoms with Crippen LogP contribution in [0.3, 0.4) is 0 Å². The Morgan fingerprint density at radius 2 is 1.57 bits per heavy atom. The molecule has 0 amide bonds. The first-order valence-corrected chi connectivity index (χ1v) is 8.79. The van der Waals surface area contributed by atoms with E-state index < -0.39 is 0 Å². The third-order valence-corrected chi connectivity index (χ3v) is 5.08. The molecule has 0 heteroatoms. The lowest BCUT2D eigenvalue weighted by Gasteiger charge is -2.30. The van der Waals surface area contributed by atoms with Gasteiger partial charge in [-0.25, -0.2) is 0 Å². The molecule has 0 N–H and O–H groups in total. The summed E-state index contributed by atoms with van der Waals surface area (Å²) >= 11 is 0. The molecule has 0 nitrogen and oxygen atoms in total. The summed E-state index contributed by atoms with van der Waals surface area (Å²) in [6, 6.07) is 19.8. The van der Waals surface area contributed by atoms with Crippen molar-refractivity contribution in [3.05, 3.63) is 89.0 Å². The van der Waals surface area contributed by atoms with E-state index >= 15 is 0 Å². The molecule has 0 saturated carbocycles. The highest BCUT2D eigenvalue weighted by molar-refractivity contribution is 5.92. The molecular formula is C23H26. The maximum Gasteiger partial charge on any atom is 0.0432 e. The van der Waals surface area contributed by atoms with E-state index in [1.165, 1.54) is 27.8 Å². The van der Waals surface area contributed by atoms with Crippen LogP contribution in [0.2, 0.25) is 0 Å². The molecule has 4 rings (SSSR count). The minimum atomic E-state index is -0.0155. The van der Waals surface area contributed by atoms with Gasteiger partial charge < -0.3 is 0 Å². The highest BCUT2D eigenvalue weighted by atomic mass is 14.5. The van der Waals surface area contributed by atoms with Crippen LogP contribution in [0.4, 0.5) is 0 Å². The molecular weight excluding hydrogens is 276 g/mol. The van der Waals surface area contributed by atoms with Crippen LogP contribution in [-0.2, 0) is 5.41 Å². The highest BCUT2D eigenvalue weighted by Gasteiger charge is 2.43. The van der Waals surface area contributed by atoms with Crippen LogP contribution in [0, 0.1) is 5.92 Å². The number of hydrogen-bond donors (Lipinski definition) is 0. The molecule has 0 spiro atoms. The summed E-state index contributed by atoms with van der Waals surface area (Å²) in [5.41, 5.74) is 7.19. The summed E-state index contributed by atoms with van der Waals surface area (Å²) in [4.78, 5) is 0. The second kappa shape index (κ2) is 6.20. The largest absolute Gasteiger partial charge is 0.0763 e.